The largest absolute Gasteiger partial charge is 0.378 e. The van der Waals surface area contributed by atoms with Gasteiger partial charge in [-0.1, -0.05) is 19.9 Å². The number of aromatic nitrogens is 1. The van der Waals surface area contributed by atoms with Gasteiger partial charge in [-0.2, -0.15) is 0 Å². The number of methoxy groups -OCH3 is 1. The van der Waals surface area contributed by atoms with Crippen LogP contribution in [-0.2, 0) is 27.5 Å². The summed E-state index contributed by atoms with van der Waals surface area (Å²) in [6, 6.07) is 5.68. The number of ether oxygens (including phenoxy) is 2. The predicted molar refractivity (Wildman–Crippen MR) is 64.5 cm³/mol. The van der Waals surface area contributed by atoms with E-state index in [1.807, 2.05) is 32.0 Å². The molecule has 0 spiro atoms. The van der Waals surface area contributed by atoms with Crippen molar-refractivity contribution in [3.05, 3.63) is 29.6 Å². The van der Waals surface area contributed by atoms with E-state index in [2.05, 4.69) is 4.98 Å². The minimum Gasteiger partial charge on any atom is -0.378 e. The molecule has 0 atom stereocenters. The Morgan fingerprint density at radius 1 is 1.29 bits per heavy atom. The summed E-state index contributed by atoms with van der Waals surface area (Å²) in [6.45, 7) is 4.72. The van der Waals surface area contributed by atoms with Crippen LogP contribution >= 0.6 is 0 Å². The molecule has 0 amide bonds. The van der Waals surface area contributed by atoms with Crippen molar-refractivity contribution in [2.45, 2.75) is 27.1 Å². The molecule has 0 aromatic carbocycles. The van der Waals surface area contributed by atoms with E-state index in [0.717, 1.165) is 11.4 Å². The van der Waals surface area contributed by atoms with E-state index in [-0.39, 0.29) is 18.3 Å². The Bertz CT molecular complexity index is 363. The molecule has 0 saturated carbocycles. The first-order chi connectivity index (χ1) is 8.13. The third-order valence-electron chi connectivity index (χ3n) is 2.29. The van der Waals surface area contributed by atoms with E-state index < -0.39 is 0 Å². The minimum atomic E-state index is 0.0165. The van der Waals surface area contributed by atoms with E-state index in [1.165, 1.54) is 0 Å². The lowest BCUT2D eigenvalue weighted by molar-refractivity contribution is -0.126. The van der Waals surface area contributed by atoms with Gasteiger partial charge in [-0.25, -0.2) is 0 Å². The number of pyridine rings is 1. The third-order valence-corrected chi connectivity index (χ3v) is 2.29. The SMILES string of the molecule is COCc1cccc(COCC(=O)C(C)C)n1. The first-order valence-corrected chi connectivity index (χ1v) is 5.67. The molecule has 0 aliphatic carbocycles. The van der Waals surface area contributed by atoms with Gasteiger partial charge in [0.15, 0.2) is 5.78 Å². The van der Waals surface area contributed by atoms with Crippen molar-refractivity contribution in [2.75, 3.05) is 13.7 Å². The summed E-state index contributed by atoms with van der Waals surface area (Å²) >= 11 is 0. The fraction of sp³-hybridized carbons (Fsp3) is 0.538. The fourth-order valence-electron chi connectivity index (χ4n) is 1.26. The summed E-state index contributed by atoms with van der Waals surface area (Å²) < 4.78 is 10.3. The maximum atomic E-state index is 11.3. The van der Waals surface area contributed by atoms with E-state index in [0.29, 0.717) is 13.2 Å². The van der Waals surface area contributed by atoms with Gasteiger partial charge in [0.2, 0.25) is 0 Å². The number of ketones is 1. The highest BCUT2D eigenvalue weighted by Gasteiger charge is 2.07. The highest BCUT2D eigenvalue weighted by atomic mass is 16.5. The standard InChI is InChI=1S/C13H19NO3/c1-10(2)13(15)9-17-8-12-6-4-5-11(14-12)7-16-3/h4-6,10H,7-9H2,1-3H3. The van der Waals surface area contributed by atoms with E-state index in [1.54, 1.807) is 7.11 Å². The number of carbonyl (C=O) groups is 1. The lowest BCUT2D eigenvalue weighted by Gasteiger charge is -2.06. The van der Waals surface area contributed by atoms with Crippen molar-refractivity contribution in [3.8, 4) is 0 Å². The third kappa shape index (κ3) is 5.06. The first-order valence-electron chi connectivity index (χ1n) is 5.67. The van der Waals surface area contributed by atoms with E-state index in [4.69, 9.17) is 9.47 Å². The number of nitrogens with zero attached hydrogens (tertiary/aromatic N) is 1. The highest BCUT2D eigenvalue weighted by molar-refractivity contribution is 5.81. The van der Waals surface area contributed by atoms with Crippen LogP contribution < -0.4 is 0 Å². The van der Waals surface area contributed by atoms with Crippen molar-refractivity contribution in [3.63, 3.8) is 0 Å². The van der Waals surface area contributed by atoms with Crippen LogP contribution in [0.5, 0.6) is 0 Å². The Kier molecular flexibility index (Phi) is 5.80. The van der Waals surface area contributed by atoms with Crippen LogP contribution in [0, 0.1) is 5.92 Å². The number of hydrogen-bond donors (Lipinski definition) is 0. The van der Waals surface area contributed by atoms with Crippen molar-refractivity contribution >= 4 is 5.78 Å². The van der Waals surface area contributed by atoms with Gasteiger partial charge in [0.25, 0.3) is 0 Å². The molecular weight excluding hydrogens is 218 g/mol. The van der Waals surface area contributed by atoms with Crippen LogP contribution in [0.15, 0.2) is 18.2 Å². The van der Waals surface area contributed by atoms with Gasteiger partial charge in [0.05, 0.1) is 24.6 Å². The Hall–Kier alpha value is -1.26. The second-order valence-corrected chi connectivity index (χ2v) is 4.17. The molecule has 4 nitrogen and oxygen atoms in total. The molecule has 0 aliphatic heterocycles. The predicted octanol–water partition coefficient (Wildman–Crippen LogP) is 1.97. The zero-order valence-electron chi connectivity index (χ0n) is 10.6. The molecule has 0 fully saturated rings. The van der Waals surface area contributed by atoms with Crippen LogP contribution in [0.3, 0.4) is 0 Å². The molecule has 1 aromatic heterocycles. The van der Waals surface area contributed by atoms with Gasteiger partial charge in [0.1, 0.15) is 6.61 Å². The molecule has 17 heavy (non-hydrogen) atoms. The van der Waals surface area contributed by atoms with Crippen molar-refractivity contribution < 1.29 is 14.3 Å². The van der Waals surface area contributed by atoms with E-state index in [9.17, 15) is 4.79 Å². The summed E-state index contributed by atoms with van der Waals surface area (Å²) in [5, 5.41) is 0. The van der Waals surface area contributed by atoms with Gasteiger partial charge < -0.3 is 9.47 Å². The second-order valence-electron chi connectivity index (χ2n) is 4.17. The average Bonchev–Trinajstić information content (AvgIpc) is 2.29. The van der Waals surface area contributed by atoms with Crippen molar-refractivity contribution in [1.82, 2.24) is 4.98 Å². The van der Waals surface area contributed by atoms with E-state index >= 15 is 0 Å². The Morgan fingerprint density at radius 3 is 2.53 bits per heavy atom. The van der Waals surface area contributed by atoms with Crippen LogP contribution in [0.1, 0.15) is 25.2 Å². The van der Waals surface area contributed by atoms with Gasteiger partial charge in [-0.15, -0.1) is 0 Å². The summed E-state index contributed by atoms with van der Waals surface area (Å²) in [5.74, 6) is 0.126. The average molecular weight is 237 g/mol. The van der Waals surface area contributed by atoms with Crippen molar-refractivity contribution in [1.29, 1.82) is 0 Å². The molecule has 1 rings (SSSR count). The minimum absolute atomic E-state index is 0.0165. The van der Waals surface area contributed by atoms with Gasteiger partial charge in [-0.3, -0.25) is 9.78 Å². The van der Waals surface area contributed by atoms with Gasteiger partial charge in [-0.05, 0) is 12.1 Å². The number of Topliss-reactive ketones (excluding diaryl/α,β-unsaturated/α-hetero) is 1. The molecular formula is C13H19NO3. The summed E-state index contributed by atoms with van der Waals surface area (Å²) in [5.41, 5.74) is 1.68. The second kappa shape index (κ2) is 7.14. The van der Waals surface area contributed by atoms with Crippen LogP contribution in [0.25, 0.3) is 0 Å². The molecule has 0 aliphatic rings. The molecule has 0 bridgehead atoms. The Morgan fingerprint density at radius 2 is 1.94 bits per heavy atom. The number of hydrogen-bond acceptors (Lipinski definition) is 4. The number of carbonyl (C=O) groups excluding carboxylic acids is 1. The van der Waals surface area contributed by atoms with Crippen LogP contribution in [0.4, 0.5) is 0 Å². The molecule has 0 unspecified atom stereocenters. The van der Waals surface area contributed by atoms with Gasteiger partial charge in [0, 0.05) is 13.0 Å². The first kappa shape index (κ1) is 13.8. The Labute approximate surface area is 102 Å². The smallest absolute Gasteiger partial charge is 0.160 e. The molecule has 0 radical (unpaired) electrons. The summed E-state index contributed by atoms with van der Waals surface area (Å²) in [4.78, 5) is 15.7. The van der Waals surface area contributed by atoms with Gasteiger partial charge >= 0.3 is 0 Å². The molecule has 0 saturated heterocycles. The topological polar surface area (TPSA) is 48.4 Å². The monoisotopic (exact) mass is 237 g/mol. The zero-order chi connectivity index (χ0) is 12.7. The molecule has 1 heterocycles. The maximum absolute atomic E-state index is 11.3. The number of rotatable bonds is 7. The highest BCUT2D eigenvalue weighted by Crippen LogP contribution is 2.03. The fourth-order valence-corrected chi connectivity index (χ4v) is 1.26. The lowest BCUT2D eigenvalue weighted by atomic mass is 10.1. The maximum Gasteiger partial charge on any atom is 0.160 e. The quantitative estimate of drug-likeness (QED) is 0.727. The normalized spacial score (nSPS) is 10.8. The molecule has 1 aromatic rings. The lowest BCUT2D eigenvalue weighted by Crippen LogP contribution is -2.15. The molecule has 0 N–H and O–H groups in total. The summed E-state index contributed by atoms with van der Waals surface area (Å²) in [6.07, 6.45) is 0. The van der Waals surface area contributed by atoms with Crippen molar-refractivity contribution in [2.24, 2.45) is 5.92 Å². The van der Waals surface area contributed by atoms with Crippen LogP contribution in [-0.4, -0.2) is 24.5 Å². The molecule has 94 valence electrons. The molecule has 4 heteroatoms. The summed E-state index contributed by atoms with van der Waals surface area (Å²) in [7, 11) is 1.63. The zero-order valence-corrected chi connectivity index (χ0v) is 10.6. The van der Waals surface area contributed by atoms with Crippen LogP contribution in [0.2, 0.25) is 0 Å². The Balaban J connectivity index is 2.41.